The molecular formula is C7H13NO3S. The highest BCUT2D eigenvalue weighted by atomic mass is 32.2. The quantitative estimate of drug-likeness (QED) is 0.626. The molecule has 3 fully saturated rings. The van der Waals surface area contributed by atoms with Gasteiger partial charge in [-0.3, -0.25) is 0 Å². The number of rotatable bonds is 2. The van der Waals surface area contributed by atoms with Crippen LogP contribution in [0, 0.1) is 0 Å². The van der Waals surface area contributed by atoms with Crippen molar-refractivity contribution < 1.29 is 13.2 Å². The molecule has 0 aromatic rings. The second-order valence-electron chi connectivity index (χ2n) is 3.98. The fraction of sp³-hybridized carbons (Fsp3) is 1.00. The Bertz CT molecular complexity index is 303. The Morgan fingerprint density at radius 3 is 2.33 bits per heavy atom. The average Bonchev–Trinajstić information content (AvgIpc) is 2.37. The SMILES string of the molecule is CS(=O)(=O)C12COC(CN)(C1)C2. The van der Waals surface area contributed by atoms with Crippen LogP contribution in [-0.4, -0.2) is 38.2 Å². The van der Waals surface area contributed by atoms with Crippen LogP contribution in [0.4, 0.5) is 0 Å². The molecule has 3 aliphatic rings. The summed E-state index contributed by atoms with van der Waals surface area (Å²) in [5.41, 5.74) is 5.19. The zero-order valence-corrected chi connectivity index (χ0v) is 7.86. The van der Waals surface area contributed by atoms with Crippen molar-refractivity contribution in [3.8, 4) is 0 Å². The molecule has 2 aliphatic heterocycles. The van der Waals surface area contributed by atoms with E-state index >= 15 is 0 Å². The summed E-state index contributed by atoms with van der Waals surface area (Å²) < 4.78 is 27.5. The molecule has 4 nitrogen and oxygen atoms in total. The second kappa shape index (κ2) is 2.02. The second-order valence-corrected chi connectivity index (χ2v) is 6.39. The predicted molar refractivity (Wildman–Crippen MR) is 44.5 cm³/mol. The van der Waals surface area contributed by atoms with E-state index in [0.717, 1.165) is 0 Å². The molecule has 0 unspecified atom stereocenters. The van der Waals surface area contributed by atoms with E-state index in [1.54, 1.807) is 0 Å². The third kappa shape index (κ3) is 0.815. The lowest BCUT2D eigenvalue weighted by molar-refractivity contribution is 0.0128. The van der Waals surface area contributed by atoms with Gasteiger partial charge >= 0.3 is 0 Å². The van der Waals surface area contributed by atoms with Gasteiger partial charge in [0.1, 0.15) is 4.75 Å². The van der Waals surface area contributed by atoms with Crippen LogP contribution in [-0.2, 0) is 14.6 Å². The highest BCUT2D eigenvalue weighted by Gasteiger charge is 2.66. The Labute approximate surface area is 72.0 Å². The molecule has 0 aromatic carbocycles. The van der Waals surface area contributed by atoms with Crippen molar-refractivity contribution in [2.45, 2.75) is 23.2 Å². The summed E-state index contributed by atoms with van der Waals surface area (Å²) in [5, 5.41) is 0. The van der Waals surface area contributed by atoms with E-state index in [1.807, 2.05) is 0 Å². The lowest BCUT2D eigenvalue weighted by Crippen LogP contribution is -2.56. The maximum absolute atomic E-state index is 11.3. The lowest BCUT2D eigenvalue weighted by Gasteiger charge is -2.42. The van der Waals surface area contributed by atoms with Crippen molar-refractivity contribution in [1.82, 2.24) is 0 Å². The van der Waals surface area contributed by atoms with E-state index in [9.17, 15) is 8.42 Å². The van der Waals surface area contributed by atoms with E-state index in [4.69, 9.17) is 10.5 Å². The molecule has 70 valence electrons. The fourth-order valence-corrected chi connectivity index (χ4v) is 3.51. The predicted octanol–water partition coefficient (Wildman–Crippen LogP) is -0.709. The molecule has 0 aromatic heterocycles. The molecule has 0 radical (unpaired) electrons. The summed E-state index contributed by atoms with van der Waals surface area (Å²) in [5.74, 6) is 0. The number of ether oxygens (including phenoxy) is 1. The molecule has 0 atom stereocenters. The minimum Gasteiger partial charge on any atom is -0.372 e. The van der Waals surface area contributed by atoms with E-state index in [2.05, 4.69) is 0 Å². The Balaban J connectivity index is 2.26. The van der Waals surface area contributed by atoms with Crippen molar-refractivity contribution in [3.05, 3.63) is 0 Å². The number of hydrogen-bond acceptors (Lipinski definition) is 4. The van der Waals surface area contributed by atoms with Crippen LogP contribution in [0.15, 0.2) is 0 Å². The van der Waals surface area contributed by atoms with Crippen LogP contribution in [0.25, 0.3) is 0 Å². The Kier molecular flexibility index (Phi) is 1.43. The van der Waals surface area contributed by atoms with E-state index < -0.39 is 14.6 Å². The van der Waals surface area contributed by atoms with Crippen molar-refractivity contribution >= 4 is 9.84 Å². The molecule has 2 N–H and O–H groups in total. The number of sulfone groups is 1. The van der Waals surface area contributed by atoms with Crippen molar-refractivity contribution in [1.29, 1.82) is 0 Å². The minimum atomic E-state index is -2.96. The Morgan fingerprint density at radius 2 is 2.08 bits per heavy atom. The average molecular weight is 191 g/mol. The lowest BCUT2D eigenvalue weighted by atomic mass is 9.74. The summed E-state index contributed by atoms with van der Waals surface area (Å²) in [6, 6.07) is 0. The molecule has 0 spiro atoms. The first-order chi connectivity index (χ1) is 5.43. The highest BCUT2D eigenvalue weighted by molar-refractivity contribution is 7.92. The van der Waals surface area contributed by atoms with Crippen molar-refractivity contribution in [2.24, 2.45) is 5.73 Å². The molecule has 0 amide bonds. The largest absolute Gasteiger partial charge is 0.372 e. The summed E-state index contributed by atoms with van der Waals surface area (Å²) in [7, 11) is -2.96. The summed E-state index contributed by atoms with van der Waals surface area (Å²) >= 11 is 0. The molecule has 1 aliphatic carbocycles. The first-order valence-electron chi connectivity index (χ1n) is 3.97. The maximum atomic E-state index is 11.3. The Morgan fingerprint density at radius 1 is 1.50 bits per heavy atom. The van der Waals surface area contributed by atoms with Gasteiger partial charge < -0.3 is 10.5 Å². The highest BCUT2D eigenvalue weighted by Crippen LogP contribution is 2.54. The van der Waals surface area contributed by atoms with Gasteiger partial charge in [-0.25, -0.2) is 8.42 Å². The van der Waals surface area contributed by atoms with Crippen LogP contribution < -0.4 is 5.73 Å². The van der Waals surface area contributed by atoms with Crippen LogP contribution >= 0.6 is 0 Å². The molecule has 2 bridgehead atoms. The smallest absolute Gasteiger partial charge is 0.155 e. The third-order valence-electron chi connectivity index (χ3n) is 3.09. The summed E-state index contributed by atoms with van der Waals surface area (Å²) in [6.45, 7) is 0.771. The van der Waals surface area contributed by atoms with E-state index in [-0.39, 0.29) is 5.60 Å². The van der Waals surface area contributed by atoms with Crippen LogP contribution in [0.1, 0.15) is 12.8 Å². The molecule has 2 saturated heterocycles. The first kappa shape index (κ1) is 8.47. The fourth-order valence-electron chi connectivity index (χ4n) is 2.18. The normalized spacial score (nSPS) is 45.8. The number of hydrogen-bond donors (Lipinski definition) is 1. The van der Waals surface area contributed by atoms with Gasteiger partial charge in [0.05, 0.1) is 12.2 Å². The maximum Gasteiger partial charge on any atom is 0.155 e. The zero-order valence-electron chi connectivity index (χ0n) is 7.04. The zero-order chi connectivity index (χ0) is 9.04. The van der Waals surface area contributed by atoms with Gasteiger partial charge in [-0.2, -0.15) is 0 Å². The molecule has 1 saturated carbocycles. The van der Waals surface area contributed by atoms with Gasteiger partial charge in [-0.1, -0.05) is 0 Å². The molecule has 2 heterocycles. The monoisotopic (exact) mass is 191 g/mol. The van der Waals surface area contributed by atoms with Gasteiger partial charge in [0.25, 0.3) is 0 Å². The Hall–Kier alpha value is -0.130. The standard InChI is InChI=1S/C7H13NO3S/c1-12(9,10)7-2-6(3-7,4-8)11-5-7/h2-5,8H2,1H3. The van der Waals surface area contributed by atoms with Gasteiger partial charge in [0.15, 0.2) is 9.84 Å². The van der Waals surface area contributed by atoms with Gasteiger partial charge in [0, 0.05) is 12.8 Å². The van der Waals surface area contributed by atoms with Crippen LogP contribution in [0.2, 0.25) is 0 Å². The first-order valence-corrected chi connectivity index (χ1v) is 5.86. The summed E-state index contributed by atoms with van der Waals surface area (Å²) in [6.07, 6.45) is 2.47. The van der Waals surface area contributed by atoms with Gasteiger partial charge in [-0.05, 0) is 12.8 Å². The van der Waals surface area contributed by atoms with E-state index in [1.165, 1.54) is 6.26 Å². The third-order valence-corrected chi connectivity index (χ3v) is 5.07. The number of nitrogens with two attached hydrogens (primary N) is 1. The van der Waals surface area contributed by atoms with Crippen molar-refractivity contribution in [2.75, 3.05) is 19.4 Å². The molecular weight excluding hydrogens is 178 g/mol. The molecule has 5 heteroatoms. The van der Waals surface area contributed by atoms with Gasteiger partial charge in [-0.15, -0.1) is 0 Å². The molecule has 12 heavy (non-hydrogen) atoms. The minimum absolute atomic E-state index is 0.302. The van der Waals surface area contributed by atoms with Crippen molar-refractivity contribution in [3.63, 3.8) is 0 Å². The summed E-state index contributed by atoms with van der Waals surface area (Å²) in [4.78, 5) is 0. The van der Waals surface area contributed by atoms with Crippen LogP contribution in [0.3, 0.4) is 0 Å². The number of fused-ring (bicyclic) bond motifs is 1. The van der Waals surface area contributed by atoms with E-state index in [0.29, 0.717) is 26.0 Å². The van der Waals surface area contributed by atoms with Crippen LogP contribution in [0.5, 0.6) is 0 Å². The molecule has 3 rings (SSSR count). The van der Waals surface area contributed by atoms with Gasteiger partial charge in [0.2, 0.25) is 0 Å². The topological polar surface area (TPSA) is 69.4 Å².